The fourth-order valence-corrected chi connectivity index (χ4v) is 4.82. The Labute approximate surface area is 195 Å². The summed E-state index contributed by atoms with van der Waals surface area (Å²) in [5.74, 6) is 0.540. The molecule has 184 valence electrons. The maximum absolute atomic E-state index is 13.0. The van der Waals surface area contributed by atoms with Gasteiger partial charge < -0.3 is 24.4 Å². The minimum Gasteiger partial charge on any atom is -0.491 e. The summed E-state index contributed by atoms with van der Waals surface area (Å²) in [6, 6.07) is 5.65. The number of esters is 1. The molecule has 3 rings (SSSR count). The summed E-state index contributed by atoms with van der Waals surface area (Å²) >= 11 is 0. The molecule has 2 N–H and O–H groups in total. The molecule has 2 fully saturated rings. The molecule has 2 aliphatic rings. The van der Waals surface area contributed by atoms with E-state index in [1.165, 1.54) is 24.3 Å². The van der Waals surface area contributed by atoms with Crippen LogP contribution in [0.2, 0.25) is 0 Å². The first kappa shape index (κ1) is 25.7. The predicted molar refractivity (Wildman–Crippen MR) is 122 cm³/mol. The molecule has 1 aromatic carbocycles. The smallest absolute Gasteiger partial charge is 0.306 e. The van der Waals surface area contributed by atoms with Gasteiger partial charge in [-0.25, -0.2) is 4.39 Å². The molecule has 1 heterocycles. The van der Waals surface area contributed by atoms with Gasteiger partial charge in [0.25, 0.3) is 0 Å². The minimum atomic E-state index is -0.827. The van der Waals surface area contributed by atoms with Crippen molar-refractivity contribution in [2.75, 3.05) is 13.2 Å². The molecule has 1 aliphatic carbocycles. The zero-order chi connectivity index (χ0) is 23.8. The van der Waals surface area contributed by atoms with E-state index < -0.39 is 12.2 Å². The third kappa shape index (κ3) is 8.09. The van der Waals surface area contributed by atoms with Crippen molar-refractivity contribution in [3.63, 3.8) is 0 Å². The summed E-state index contributed by atoms with van der Waals surface area (Å²) in [4.78, 5) is 11.7. The Kier molecular flexibility index (Phi) is 9.71. The molecule has 0 unspecified atom stereocenters. The SMILES string of the molecule is CC(C)OC(=O)CCC[C@H]1CC[C@@H]2[C@@H](/C=C/[C@H](O)COc3ccc(F)cc3)[C@H](O)C[C@@H]2OC1. The highest BCUT2D eigenvalue weighted by Crippen LogP contribution is 2.42. The number of ether oxygens (including phenoxy) is 3. The van der Waals surface area contributed by atoms with Gasteiger partial charge in [-0.2, -0.15) is 0 Å². The molecule has 1 aliphatic heterocycles. The number of carbonyl (C=O) groups is 1. The summed E-state index contributed by atoms with van der Waals surface area (Å²) in [7, 11) is 0. The largest absolute Gasteiger partial charge is 0.491 e. The van der Waals surface area contributed by atoms with Gasteiger partial charge in [0.2, 0.25) is 0 Å². The van der Waals surface area contributed by atoms with Crippen molar-refractivity contribution in [3.8, 4) is 5.75 Å². The molecule has 0 spiro atoms. The second kappa shape index (κ2) is 12.5. The Morgan fingerprint density at radius 2 is 2.03 bits per heavy atom. The summed E-state index contributed by atoms with van der Waals surface area (Å²) in [5, 5.41) is 20.8. The number of hydrogen-bond acceptors (Lipinski definition) is 6. The van der Waals surface area contributed by atoms with Crippen molar-refractivity contribution >= 4 is 5.97 Å². The molecule has 1 saturated heterocycles. The summed E-state index contributed by atoms with van der Waals surface area (Å²) in [5.41, 5.74) is 0. The van der Waals surface area contributed by atoms with E-state index in [2.05, 4.69) is 0 Å². The number of carbonyl (C=O) groups excluding carboxylic acids is 1. The van der Waals surface area contributed by atoms with Crippen molar-refractivity contribution in [3.05, 3.63) is 42.2 Å². The molecule has 0 amide bonds. The molecule has 33 heavy (non-hydrogen) atoms. The van der Waals surface area contributed by atoms with Crippen LogP contribution in [0.3, 0.4) is 0 Å². The van der Waals surface area contributed by atoms with Crippen LogP contribution in [0.5, 0.6) is 5.75 Å². The van der Waals surface area contributed by atoms with Crippen LogP contribution >= 0.6 is 0 Å². The molecule has 0 bridgehead atoms. The van der Waals surface area contributed by atoms with Crippen LogP contribution in [0.4, 0.5) is 4.39 Å². The Morgan fingerprint density at radius 3 is 2.76 bits per heavy atom. The lowest BCUT2D eigenvalue weighted by atomic mass is 9.86. The lowest BCUT2D eigenvalue weighted by molar-refractivity contribution is -0.147. The molecule has 1 aromatic rings. The maximum Gasteiger partial charge on any atom is 0.306 e. The molecule has 1 saturated carbocycles. The van der Waals surface area contributed by atoms with Crippen molar-refractivity contribution in [1.29, 1.82) is 0 Å². The first-order valence-corrected chi connectivity index (χ1v) is 12.1. The average molecular weight is 465 g/mol. The van der Waals surface area contributed by atoms with E-state index in [1.54, 1.807) is 6.08 Å². The highest BCUT2D eigenvalue weighted by atomic mass is 19.1. The van der Waals surface area contributed by atoms with Crippen LogP contribution in [0.1, 0.15) is 52.4 Å². The van der Waals surface area contributed by atoms with Crippen molar-refractivity contribution in [2.45, 2.75) is 76.8 Å². The lowest BCUT2D eigenvalue weighted by Gasteiger charge is -2.21. The van der Waals surface area contributed by atoms with Crippen LogP contribution in [0.25, 0.3) is 0 Å². The van der Waals surface area contributed by atoms with E-state index in [0.717, 1.165) is 25.7 Å². The maximum atomic E-state index is 13.0. The monoisotopic (exact) mass is 464 g/mol. The number of aliphatic hydroxyl groups is 2. The Morgan fingerprint density at radius 1 is 1.27 bits per heavy atom. The zero-order valence-corrected chi connectivity index (χ0v) is 19.6. The van der Waals surface area contributed by atoms with Gasteiger partial charge in [0.15, 0.2) is 0 Å². The zero-order valence-electron chi connectivity index (χ0n) is 19.6. The normalized spacial score (nSPS) is 28.5. The van der Waals surface area contributed by atoms with Crippen molar-refractivity contribution in [2.24, 2.45) is 17.8 Å². The second-order valence-corrected chi connectivity index (χ2v) is 9.51. The number of benzene rings is 1. The lowest BCUT2D eigenvalue weighted by Crippen LogP contribution is -2.22. The van der Waals surface area contributed by atoms with E-state index in [4.69, 9.17) is 14.2 Å². The van der Waals surface area contributed by atoms with Gasteiger partial charge in [0.05, 0.1) is 18.3 Å². The molecule has 0 aromatic heterocycles. The third-order valence-corrected chi connectivity index (χ3v) is 6.49. The van der Waals surface area contributed by atoms with Crippen molar-refractivity contribution < 1.29 is 33.6 Å². The summed E-state index contributed by atoms with van der Waals surface area (Å²) < 4.78 is 29.8. The molecule has 7 heteroatoms. The number of hydrogen-bond donors (Lipinski definition) is 2. The van der Waals surface area contributed by atoms with Gasteiger partial charge in [-0.05, 0) is 75.6 Å². The van der Waals surface area contributed by atoms with Gasteiger partial charge >= 0.3 is 5.97 Å². The van der Waals surface area contributed by atoms with E-state index >= 15 is 0 Å². The first-order valence-electron chi connectivity index (χ1n) is 12.1. The van der Waals surface area contributed by atoms with E-state index in [9.17, 15) is 19.4 Å². The summed E-state index contributed by atoms with van der Waals surface area (Å²) in [6.07, 6.45) is 6.85. The fourth-order valence-electron chi connectivity index (χ4n) is 4.82. The van der Waals surface area contributed by atoms with Crippen LogP contribution in [0.15, 0.2) is 36.4 Å². The Balaban J connectivity index is 1.44. The second-order valence-electron chi connectivity index (χ2n) is 9.51. The van der Waals surface area contributed by atoms with Gasteiger partial charge in [0.1, 0.15) is 24.3 Å². The van der Waals surface area contributed by atoms with Crippen LogP contribution < -0.4 is 4.74 Å². The molecule has 6 atom stereocenters. The number of halogens is 1. The third-order valence-electron chi connectivity index (χ3n) is 6.49. The number of fused-ring (bicyclic) bond motifs is 1. The Bertz CT molecular complexity index is 765. The molecule has 0 radical (unpaired) electrons. The minimum absolute atomic E-state index is 0.0122. The summed E-state index contributed by atoms with van der Waals surface area (Å²) in [6.45, 7) is 4.41. The van der Waals surface area contributed by atoms with E-state index in [1.807, 2.05) is 19.9 Å². The molecular weight excluding hydrogens is 427 g/mol. The van der Waals surface area contributed by atoms with Crippen LogP contribution in [-0.2, 0) is 14.3 Å². The molecule has 6 nitrogen and oxygen atoms in total. The highest BCUT2D eigenvalue weighted by Gasteiger charge is 2.43. The van der Waals surface area contributed by atoms with Crippen LogP contribution in [-0.4, -0.2) is 53.8 Å². The van der Waals surface area contributed by atoms with Gasteiger partial charge in [0, 0.05) is 25.4 Å². The van der Waals surface area contributed by atoms with Gasteiger partial charge in [-0.1, -0.05) is 12.2 Å². The van der Waals surface area contributed by atoms with E-state index in [-0.39, 0.29) is 42.4 Å². The highest BCUT2D eigenvalue weighted by molar-refractivity contribution is 5.69. The topological polar surface area (TPSA) is 85.2 Å². The number of rotatable bonds is 10. The number of aliphatic hydroxyl groups excluding tert-OH is 2. The Hall–Kier alpha value is -1.96. The van der Waals surface area contributed by atoms with Crippen molar-refractivity contribution in [1.82, 2.24) is 0 Å². The predicted octanol–water partition coefficient (Wildman–Crippen LogP) is 4.04. The van der Waals surface area contributed by atoms with Crippen LogP contribution in [0, 0.1) is 23.6 Å². The first-order chi connectivity index (χ1) is 15.8. The average Bonchev–Trinajstić information content (AvgIpc) is 2.93. The molecular formula is C26H37FO6. The quantitative estimate of drug-likeness (QED) is 0.402. The van der Waals surface area contributed by atoms with Gasteiger partial charge in [-0.3, -0.25) is 4.79 Å². The standard InChI is InChI=1S/C26H37FO6/c1-17(2)33-26(30)5-3-4-18-6-12-23-22(24(29)14-25(23)32-15-18)13-9-20(28)16-31-21-10-7-19(27)8-11-21/h7-11,13,17-18,20,22-25,28-29H,3-6,12,14-16H2,1-2H3/b13-9+/t18-,20-,22+,23+,24+,25-/m0/s1. The fraction of sp³-hybridized carbons (Fsp3) is 0.654. The van der Waals surface area contributed by atoms with E-state index in [0.29, 0.717) is 31.1 Å². The van der Waals surface area contributed by atoms with Gasteiger partial charge in [-0.15, -0.1) is 0 Å².